The quantitative estimate of drug-likeness (QED) is 0.243. The van der Waals surface area contributed by atoms with Gasteiger partial charge in [0.1, 0.15) is 48.8 Å². The zero-order chi connectivity index (χ0) is 17.3. The minimum Gasteiger partial charge on any atom is -0.394 e. The van der Waals surface area contributed by atoms with Crippen molar-refractivity contribution in [2.24, 2.45) is 0 Å². The van der Waals surface area contributed by atoms with E-state index in [1.165, 1.54) is 0 Å². The van der Waals surface area contributed by atoms with Gasteiger partial charge in [-0.2, -0.15) is 0 Å². The minimum absolute atomic E-state index is 0.667. The van der Waals surface area contributed by atoms with Crippen LogP contribution in [-0.2, 0) is 14.2 Å². The lowest BCUT2D eigenvalue weighted by Crippen LogP contribution is -2.64. The highest BCUT2D eigenvalue weighted by atomic mass is 16.7. The topological polar surface area (TPSA) is 190 Å². The van der Waals surface area contributed by atoms with Crippen LogP contribution < -0.4 is 0 Å². The number of rotatable bonds is 4. The summed E-state index contributed by atoms with van der Waals surface area (Å²) in [6.07, 6.45) is -15.7. The molecule has 0 saturated carbocycles. The summed E-state index contributed by atoms with van der Waals surface area (Å²) < 4.78 is 15.1. The van der Waals surface area contributed by atoms with Gasteiger partial charge in [0.2, 0.25) is 0 Å². The van der Waals surface area contributed by atoms with Gasteiger partial charge in [-0.3, -0.25) is 0 Å². The molecule has 2 aliphatic rings. The fourth-order valence-electron chi connectivity index (χ4n) is 2.56. The van der Waals surface area contributed by atoms with Crippen molar-refractivity contribution >= 4 is 0 Å². The van der Waals surface area contributed by atoms with Crippen molar-refractivity contribution < 1.29 is 55.1 Å². The van der Waals surface area contributed by atoms with Gasteiger partial charge in [-0.25, -0.2) is 0 Å². The Kier molecular flexibility index (Phi) is 6.27. The van der Waals surface area contributed by atoms with Crippen LogP contribution in [0.2, 0.25) is 0 Å². The van der Waals surface area contributed by atoms with E-state index >= 15 is 0 Å². The van der Waals surface area contributed by atoms with E-state index in [9.17, 15) is 30.6 Å². The van der Waals surface area contributed by atoms with Crippen LogP contribution in [0.3, 0.4) is 0 Å². The Balaban J connectivity index is 2.11. The van der Waals surface area contributed by atoms with Gasteiger partial charge >= 0.3 is 0 Å². The highest BCUT2D eigenvalue weighted by molar-refractivity contribution is 4.93. The fourth-order valence-corrected chi connectivity index (χ4v) is 2.56. The van der Waals surface area contributed by atoms with E-state index in [1.54, 1.807) is 0 Å². The third-order valence-corrected chi connectivity index (χ3v) is 3.98. The van der Waals surface area contributed by atoms with Crippen molar-refractivity contribution in [1.29, 1.82) is 0 Å². The smallest absolute Gasteiger partial charge is 0.187 e. The van der Waals surface area contributed by atoms with Crippen molar-refractivity contribution in [2.45, 2.75) is 61.4 Å². The molecule has 0 bridgehead atoms. The standard InChI is InChI=1S/C12H22O11/c13-1-3-5(15)7(17)8(18)12(22-3)23-10-6(16)4(2-14)21-11(20)9(10)19/h3-20H,1-2H2/t3-,4-,5+,6+,7+,8+,9+,10+,11?,12?/m1/s1. The number of aliphatic hydroxyl groups is 8. The lowest BCUT2D eigenvalue weighted by Gasteiger charge is -2.45. The summed E-state index contributed by atoms with van der Waals surface area (Å²) in [5, 5.41) is 76.8. The molecule has 11 nitrogen and oxygen atoms in total. The van der Waals surface area contributed by atoms with E-state index in [-0.39, 0.29) is 0 Å². The van der Waals surface area contributed by atoms with Gasteiger partial charge in [-0.15, -0.1) is 0 Å². The van der Waals surface area contributed by atoms with Crippen LogP contribution >= 0.6 is 0 Å². The predicted octanol–water partition coefficient (Wildman–Crippen LogP) is -5.40. The van der Waals surface area contributed by atoms with Crippen LogP contribution in [0.1, 0.15) is 0 Å². The van der Waals surface area contributed by atoms with Crippen LogP contribution in [-0.4, -0.2) is 115 Å². The highest BCUT2D eigenvalue weighted by Crippen LogP contribution is 2.28. The maximum Gasteiger partial charge on any atom is 0.187 e. The Bertz CT molecular complexity index is 380. The monoisotopic (exact) mass is 342 g/mol. The lowest BCUT2D eigenvalue weighted by atomic mass is 9.97. The van der Waals surface area contributed by atoms with Crippen molar-refractivity contribution in [2.75, 3.05) is 13.2 Å². The van der Waals surface area contributed by atoms with E-state index in [1.807, 2.05) is 0 Å². The van der Waals surface area contributed by atoms with Gasteiger partial charge in [0.05, 0.1) is 13.2 Å². The first-order chi connectivity index (χ1) is 10.8. The van der Waals surface area contributed by atoms with Gasteiger partial charge < -0.3 is 55.1 Å². The average molecular weight is 342 g/mol. The molecule has 23 heavy (non-hydrogen) atoms. The normalized spacial score (nSPS) is 51.7. The molecule has 10 atom stereocenters. The van der Waals surface area contributed by atoms with E-state index in [4.69, 9.17) is 24.4 Å². The zero-order valence-corrected chi connectivity index (χ0v) is 12.0. The molecule has 2 unspecified atom stereocenters. The molecule has 0 radical (unpaired) electrons. The summed E-state index contributed by atoms with van der Waals surface area (Å²) in [4.78, 5) is 0. The minimum atomic E-state index is -1.76. The number of hydrogen-bond donors (Lipinski definition) is 8. The average Bonchev–Trinajstić information content (AvgIpc) is 2.54. The van der Waals surface area contributed by atoms with Crippen LogP contribution in [0, 0.1) is 0 Å². The van der Waals surface area contributed by atoms with Crippen molar-refractivity contribution in [1.82, 2.24) is 0 Å². The molecule has 136 valence electrons. The molecule has 8 N–H and O–H groups in total. The maximum absolute atomic E-state index is 10.00. The molecular formula is C12H22O11. The third-order valence-electron chi connectivity index (χ3n) is 3.98. The molecular weight excluding hydrogens is 320 g/mol. The van der Waals surface area contributed by atoms with Gasteiger partial charge in [0.25, 0.3) is 0 Å². The summed E-state index contributed by atoms with van der Waals surface area (Å²) in [6.45, 7) is -1.34. The van der Waals surface area contributed by atoms with Crippen LogP contribution in [0.5, 0.6) is 0 Å². The molecule has 2 saturated heterocycles. The van der Waals surface area contributed by atoms with Crippen LogP contribution in [0.15, 0.2) is 0 Å². The second-order valence-electron chi connectivity index (χ2n) is 5.53. The first-order valence-electron chi connectivity index (χ1n) is 7.08. The first-order valence-corrected chi connectivity index (χ1v) is 7.08. The van der Waals surface area contributed by atoms with Crippen molar-refractivity contribution in [3.05, 3.63) is 0 Å². The third kappa shape index (κ3) is 3.65. The molecule has 2 fully saturated rings. The Morgan fingerprint density at radius 2 is 1.22 bits per heavy atom. The summed E-state index contributed by atoms with van der Waals surface area (Å²) in [7, 11) is 0. The second kappa shape index (κ2) is 7.63. The molecule has 0 amide bonds. The Hall–Kier alpha value is -0.440. The molecule has 2 aliphatic heterocycles. The van der Waals surface area contributed by atoms with Gasteiger partial charge in [0, 0.05) is 0 Å². The number of ether oxygens (including phenoxy) is 3. The van der Waals surface area contributed by atoms with E-state index in [2.05, 4.69) is 0 Å². The summed E-state index contributed by atoms with van der Waals surface area (Å²) in [5.74, 6) is 0. The Labute approximate surface area is 130 Å². The fraction of sp³-hybridized carbons (Fsp3) is 1.00. The highest BCUT2D eigenvalue weighted by Gasteiger charge is 2.50. The molecule has 11 heteroatoms. The molecule has 0 aliphatic carbocycles. The predicted molar refractivity (Wildman–Crippen MR) is 68.6 cm³/mol. The van der Waals surface area contributed by atoms with Crippen LogP contribution in [0.25, 0.3) is 0 Å². The Morgan fingerprint density at radius 1 is 0.652 bits per heavy atom. The second-order valence-corrected chi connectivity index (χ2v) is 5.53. The van der Waals surface area contributed by atoms with Gasteiger partial charge in [-0.05, 0) is 0 Å². The Morgan fingerprint density at radius 3 is 1.78 bits per heavy atom. The lowest BCUT2D eigenvalue weighted by molar-refractivity contribution is -0.355. The van der Waals surface area contributed by atoms with E-state index < -0.39 is 74.6 Å². The van der Waals surface area contributed by atoms with Gasteiger partial charge in [-0.1, -0.05) is 0 Å². The summed E-state index contributed by atoms with van der Waals surface area (Å²) in [5.41, 5.74) is 0. The maximum atomic E-state index is 10.00. The van der Waals surface area contributed by atoms with Crippen molar-refractivity contribution in [3.63, 3.8) is 0 Å². The number of hydrogen-bond acceptors (Lipinski definition) is 11. The molecule has 0 aromatic carbocycles. The SMILES string of the molecule is OC[C@H]1OC(O[C@H]2[C@@H](O)[C@@H](CO)OC(O)[C@H]2O)[C@@H](O)[C@@H](O)[C@H]1O. The summed E-state index contributed by atoms with van der Waals surface area (Å²) >= 11 is 0. The molecule has 0 aromatic rings. The van der Waals surface area contributed by atoms with E-state index in [0.29, 0.717) is 0 Å². The summed E-state index contributed by atoms with van der Waals surface area (Å²) in [6, 6.07) is 0. The van der Waals surface area contributed by atoms with Gasteiger partial charge in [0.15, 0.2) is 12.6 Å². The largest absolute Gasteiger partial charge is 0.394 e. The molecule has 2 rings (SSSR count). The molecule has 2 heterocycles. The molecule has 0 aromatic heterocycles. The first kappa shape index (κ1) is 18.9. The number of aliphatic hydroxyl groups excluding tert-OH is 8. The molecule has 0 spiro atoms. The van der Waals surface area contributed by atoms with E-state index in [0.717, 1.165) is 0 Å². The van der Waals surface area contributed by atoms with Crippen molar-refractivity contribution in [3.8, 4) is 0 Å². The zero-order valence-electron chi connectivity index (χ0n) is 12.0. The van der Waals surface area contributed by atoms with Crippen LogP contribution in [0.4, 0.5) is 0 Å².